The summed E-state index contributed by atoms with van der Waals surface area (Å²) < 4.78 is 13.7. The number of ether oxygens (including phenoxy) is 2. The Hall–Kier alpha value is -6.46. The van der Waals surface area contributed by atoms with Crippen LogP contribution in [0.2, 0.25) is 0 Å². The van der Waals surface area contributed by atoms with Crippen molar-refractivity contribution in [1.82, 2.24) is 28.7 Å². The van der Waals surface area contributed by atoms with E-state index < -0.39 is 36.0 Å². The van der Waals surface area contributed by atoms with E-state index in [-0.39, 0.29) is 73.0 Å². The standard InChI is InChI=1S/2C27H31N3O5/c2*1-3-6-18-9-10-22-24-20(14-29(22)26(18)33)21(15-31)25(30(24)23(32)16-35-2)27(34)28-12-11-17-7-4-5-8-19(17)13-28/h2*3-10,20-21,24-25,31H,11-16H2,1-2H3/b6-3+;6-3-/t2*20-,21-,24+,25-/m11/s1. The Morgan fingerprint density at radius 3 is 1.33 bits per heavy atom. The third kappa shape index (κ3) is 8.43. The third-order valence-corrected chi connectivity index (χ3v) is 15.4. The number of rotatable bonds is 10. The molecule has 8 heterocycles. The zero-order chi connectivity index (χ0) is 49.4. The van der Waals surface area contributed by atoms with Gasteiger partial charge in [-0.15, -0.1) is 0 Å². The summed E-state index contributed by atoms with van der Waals surface area (Å²) in [5, 5.41) is 20.9. The van der Waals surface area contributed by atoms with Crippen LogP contribution >= 0.6 is 0 Å². The van der Waals surface area contributed by atoms with Crippen molar-refractivity contribution in [1.29, 1.82) is 0 Å². The Morgan fingerprint density at radius 1 is 0.586 bits per heavy atom. The van der Waals surface area contributed by atoms with E-state index in [9.17, 15) is 39.0 Å². The smallest absolute Gasteiger partial charge is 0.258 e. The SMILES string of the molecule is C/C=C/c1ccc2n(c1=O)C[C@@H]1[C@@H](CO)[C@H](C(=O)N3CCc4ccccc4C3)N(C(=O)COC)[C@H]21.C/C=C\c1ccc2n(c1=O)C[C@@H]1[C@@H](CO)[C@H](C(=O)N3CCc4ccccc4C3)N(C(=O)COC)[C@H]21. The zero-order valence-corrected chi connectivity index (χ0v) is 40.2. The molecular weight excluding hydrogens is 893 g/mol. The van der Waals surface area contributed by atoms with Crippen LogP contribution in [0, 0.1) is 23.7 Å². The Bertz CT molecular complexity index is 2660. The van der Waals surface area contributed by atoms with Gasteiger partial charge in [-0.2, -0.15) is 0 Å². The van der Waals surface area contributed by atoms with Crippen LogP contribution in [-0.4, -0.2) is 128 Å². The molecule has 368 valence electrons. The van der Waals surface area contributed by atoms with Crippen LogP contribution in [0.3, 0.4) is 0 Å². The predicted octanol–water partition coefficient (Wildman–Crippen LogP) is 3.21. The minimum Gasteiger partial charge on any atom is -0.396 e. The first-order valence-electron chi connectivity index (χ1n) is 24.3. The molecule has 6 aliphatic rings. The number of allylic oxidation sites excluding steroid dienone is 2. The van der Waals surface area contributed by atoms with E-state index in [0.29, 0.717) is 61.8 Å². The molecule has 0 spiro atoms. The van der Waals surface area contributed by atoms with Crippen molar-refractivity contribution in [3.63, 3.8) is 0 Å². The van der Waals surface area contributed by atoms with E-state index in [1.54, 1.807) is 53.0 Å². The number of aromatic nitrogens is 2. The number of benzene rings is 2. The van der Waals surface area contributed by atoms with E-state index in [4.69, 9.17) is 9.47 Å². The lowest BCUT2D eigenvalue weighted by molar-refractivity contribution is -0.149. The number of nitrogens with zero attached hydrogens (tertiary/aromatic N) is 6. The maximum atomic E-state index is 14.0. The Labute approximate surface area is 407 Å². The van der Waals surface area contributed by atoms with Crippen LogP contribution in [0.25, 0.3) is 12.2 Å². The van der Waals surface area contributed by atoms with Crippen LogP contribution in [0.4, 0.5) is 0 Å². The number of methoxy groups -OCH3 is 2. The number of amides is 4. The van der Waals surface area contributed by atoms with Gasteiger partial charge in [-0.05, 0) is 73.2 Å². The van der Waals surface area contributed by atoms with Gasteiger partial charge in [0.25, 0.3) is 11.1 Å². The molecule has 2 saturated heterocycles. The summed E-state index contributed by atoms with van der Waals surface area (Å²) >= 11 is 0. The molecule has 2 aromatic heterocycles. The first-order chi connectivity index (χ1) is 34.0. The van der Waals surface area contributed by atoms with Gasteiger partial charge in [0.05, 0.1) is 12.1 Å². The summed E-state index contributed by atoms with van der Waals surface area (Å²) in [7, 11) is 2.90. The van der Waals surface area contributed by atoms with Crippen molar-refractivity contribution in [2.75, 3.05) is 53.7 Å². The quantitative estimate of drug-likeness (QED) is 0.240. The largest absolute Gasteiger partial charge is 0.396 e. The lowest BCUT2D eigenvalue weighted by Gasteiger charge is -2.36. The van der Waals surface area contributed by atoms with Crippen molar-refractivity contribution >= 4 is 35.8 Å². The predicted molar refractivity (Wildman–Crippen MR) is 261 cm³/mol. The van der Waals surface area contributed by atoms with Gasteiger partial charge >= 0.3 is 0 Å². The summed E-state index contributed by atoms with van der Waals surface area (Å²) in [5.41, 5.74) is 6.99. The number of aliphatic hydroxyl groups is 2. The lowest BCUT2D eigenvalue weighted by Crippen LogP contribution is -2.53. The van der Waals surface area contributed by atoms with Crippen molar-refractivity contribution < 1.29 is 38.9 Å². The number of aliphatic hydroxyl groups excluding tert-OH is 2. The van der Waals surface area contributed by atoms with Gasteiger partial charge in [-0.1, -0.05) is 72.8 Å². The topological polar surface area (TPSA) is 184 Å². The Kier molecular flexibility index (Phi) is 14.2. The second kappa shape index (κ2) is 20.5. The van der Waals surface area contributed by atoms with Crippen LogP contribution in [0.1, 0.15) is 70.7 Å². The maximum absolute atomic E-state index is 14.0. The van der Waals surface area contributed by atoms with Crippen molar-refractivity contribution in [2.24, 2.45) is 23.7 Å². The molecule has 16 nitrogen and oxygen atoms in total. The van der Waals surface area contributed by atoms with Gasteiger partial charge in [-0.3, -0.25) is 28.8 Å². The minimum absolute atomic E-state index is 0.124. The number of hydrogen-bond acceptors (Lipinski definition) is 10. The normalized spacial score (nSPS) is 25.0. The number of carbonyl (C=O) groups is 4. The van der Waals surface area contributed by atoms with Crippen LogP contribution in [0.5, 0.6) is 0 Å². The Morgan fingerprint density at radius 2 is 0.971 bits per heavy atom. The van der Waals surface area contributed by atoms with Crippen LogP contribution < -0.4 is 11.1 Å². The minimum atomic E-state index is -0.804. The van der Waals surface area contributed by atoms with Gasteiger partial charge in [0, 0.05) is 113 Å². The molecule has 0 saturated carbocycles. The van der Waals surface area contributed by atoms with Crippen LogP contribution in [0.15, 0.2) is 94.5 Å². The molecule has 8 atom stereocenters. The zero-order valence-electron chi connectivity index (χ0n) is 40.2. The molecule has 0 radical (unpaired) electrons. The molecule has 2 N–H and O–H groups in total. The molecule has 6 aliphatic heterocycles. The van der Waals surface area contributed by atoms with Gasteiger partial charge < -0.3 is 48.4 Å². The van der Waals surface area contributed by atoms with Gasteiger partial charge in [0.1, 0.15) is 25.3 Å². The van der Waals surface area contributed by atoms with Crippen molar-refractivity contribution in [3.05, 3.63) is 150 Å². The molecule has 2 aromatic carbocycles. The second-order valence-electron chi connectivity index (χ2n) is 19.1. The molecule has 16 heteroatoms. The highest BCUT2D eigenvalue weighted by atomic mass is 16.5. The average molecular weight is 955 g/mol. The molecular formula is C54H62N6O10. The molecule has 0 aliphatic carbocycles. The molecule has 4 amide bonds. The van der Waals surface area contributed by atoms with Crippen molar-refractivity contribution in [2.45, 2.75) is 77.0 Å². The van der Waals surface area contributed by atoms with Gasteiger partial charge in [-0.25, -0.2) is 0 Å². The first-order valence-corrected chi connectivity index (χ1v) is 24.3. The molecule has 4 aromatic rings. The second-order valence-corrected chi connectivity index (χ2v) is 19.1. The summed E-state index contributed by atoms with van der Waals surface area (Å²) in [6, 6.07) is 20.9. The third-order valence-electron chi connectivity index (χ3n) is 15.4. The molecule has 2 fully saturated rings. The highest BCUT2D eigenvalue weighted by Crippen LogP contribution is 2.51. The van der Waals surface area contributed by atoms with E-state index in [1.807, 2.05) is 74.5 Å². The van der Waals surface area contributed by atoms with Gasteiger partial charge in [0.15, 0.2) is 0 Å². The summed E-state index contributed by atoms with van der Waals surface area (Å²) in [6.45, 7) is 5.68. The molecule has 0 unspecified atom stereocenters. The number of hydrogen-bond donors (Lipinski definition) is 2. The monoisotopic (exact) mass is 954 g/mol. The Balaban J connectivity index is 0.000000174. The fraction of sp³-hybridized carbons (Fsp3) is 0.444. The average Bonchev–Trinajstić information content (AvgIpc) is 4.12. The first kappa shape index (κ1) is 48.6. The van der Waals surface area contributed by atoms with Crippen LogP contribution in [-0.2, 0) is 67.7 Å². The van der Waals surface area contributed by atoms with E-state index in [1.165, 1.54) is 25.3 Å². The highest BCUT2D eigenvalue weighted by Gasteiger charge is 2.59. The van der Waals surface area contributed by atoms with Gasteiger partial charge in [0.2, 0.25) is 23.6 Å². The van der Waals surface area contributed by atoms with E-state index >= 15 is 0 Å². The maximum Gasteiger partial charge on any atom is 0.258 e. The summed E-state index contributed by atoms with van der Waals surface area (Å²) in [5.74, 6) is -2.36. The van der Waals surface area contributed by atoms with E-state index in [2.05, 4.69) is 12.1 Å². The molecule has 10 rings (SSSR count). The fourth-order valence-electron chi connectivity index (χ4n) is 12.3. The van der Waals surface area contributed by atoms with Crippen molar-refractivity contribution in [3.8, 4) is 0 Å². The lowest BCUT2D eigenvalue weighted by atomic mass is 9.87. The fourth-order valence-corrected chi connectivity index (χ4v) is 12.3. The number of likely N-dealkylation sites (tertiary alicyclic amines) is 2. The highest BCUT2D eigenvalue weighted by molar-refractivity contribution is 5.91. The van der Waals surface area contributed by atoms with E-state index in [0.717, 1.165) is 24.0 Å². The number of fused-ring (bicyclic) bond motifs is 8. The number of pyridine rings is 2. The summed E-state index contributed by atoms with van der Waals surface area (Å²) in [6.07, 6.45) is 8.67. The molecule has 70 heavy (non-hydrogen) atoms. The number of carbonyl (C=O) groups excluding carboxylic acids is 4. The molecule has 0 bridgehead atoms. The summed E-state index contributed by atoms with van der Waals surface area (Å²) in [4.78, 5) is 87.6.